The SMILES string of the molecule is CCCCCCCCCCCCN1C(=O)/C(=C\c2c(C)c(C#N)c(=O)n(CCC)c2N2CCCC2)SC1=S. The molecule has 3 heterocycles. The van der Waals surface area contributed by atoms with E-state index in [0.717, 1.165) is 56.6 Å². The highest BCUT2D eigenvalue weighted by molar-refractivity contribution is 8.26. The molecule has 2 saturated heterocycles. The van der Waals surface area contributed by atoms with E-state index in [9.17, 15) is 14.9 Å². The monoisotopic (exact) mass is 556 g/mol. The summed E-state index contributed by atoms with van der Waals surface area (Å²) in [6, 6.07) is 2.13. The van der Waals surface area contributed by atoms with Crippen molar-refractivity contribution in [2.45, 2.75) is 111 Å². The first-order chi connectivity index (χ1) is 18.4. The Balaban J connectivity index is 1.72. The van der Waals surface area contributed by atoms with E-state index in [4.69, 9.17) is 12.2 Å². The molecule has 0 N–H and O–H groups in total. The molecule has 2 aliphatic rings. The summed E-state index contributed by atoms with van der Waals surface area (Å²) in [7, 11) is 0. The molecule has 0 spiro atoms. The van der Waals surface area contributed by atoms with E-state index in [2.05, 4.69) is 17.9 Å². The lowest BCUT2D eigenvalue weighted by Gasteiger charge is -2.26. The average Bonchev–Trinajstić information content (AvgIpc) is 3.52. The molecule has 0 atom stereocenters. The van der Waals surface area contributed by atoms with Gasteiger partial charge in [-0.15, -0.1) is 0 Å². The van der Waals surface area contributed by atoms with E-state index in [1.807, 2.05) is 19.9 Å². The molecular weight excluding hydrogens is 512 g/mol. The Morgan fingerprint density at radius 3 is 2.11 bits per heavy atom. The molecule has 2 fully saturated rings. The second kappa shape index (κ2) is 15.5. The molecule has 1 aromatic heterocycles. The van der Waals surface area contributed by atoms with Gasteiger partial charge in [-0.3, -0.25) is 19.1 Å². The minimum atomic E-state index is -0.237. The number of nitrogens with zero attached hydrogens (tertiary/aromatic N) is 4. The van der Waals surface area contributed by atoms with Gasteiger partial charge in [0, 0.05) is 31.7 Å². The highest BCUT2D eigenvalue weighted by Crippen LogP contribution is 2.36. The summed E-state index contributed by atoms with van der Waals surface area (Å²) in [4.78, 5) is 31.1. The van der Waals surface area contributed by atoms with Crippen LogP contribution < -0.4 is 10.5 Å². The minimum absolute atomic E-state index is 0.0607. The van der Waals surface area contributed by atoms with Crippen LogP contribution in [0, 0.1) is 18.3 Å². The molecule has 0 aromatic carbocycles. The predicted octanol–water partition coefficient (Wildman–Crippen LogP) is 7.16. The molecule has 0 aliphatic carbocycles. The van der Waals surface area contributed by atoms with Crippen LogP contribution in [0.4, 0.5) is 5.82 Å². The van der Waals surface area contributed by atoms with Gasteiger partial charge in [0.25, 0.3) is 11.5 Å². The van der Waals surface area contributed by atoms with Gasteiger partial charge in [-0.25, -0.2) is 0 Å². The summed E-state index contributed by atoms with van der Waals surface area (Å²) in [6.07, 6.45) is 17.3. The van der Waals surface area contributed by atoms with Gasteiger partial charge in [0.1, 0.15) is 21.8 Å². The van der Waals surface area contributed by atoms with Crippen molar-refractivity contribution in [3.05, 3.63) is 31.9 Å². The first-order valence-electron chi connectivity index (χ1n) is 14.6. The third kappa shape index (κ3) is 7.51. The standard InChI is InChI=1S/C30H44N4O2S2/c1-4-6-7-8-9-10-11-12-13-14-20-34-29(36)26(38-30(34)37)21-24-23(3)25(22-31)28(35)33(17-5-2)27(24)32-18-15-16-19-32/h21H,4-20H2,1-3H3/b26-21+. The van der Waals surface area contributed by atoms with Crippen molar-refractivity contribution in [1.29, 1.82) is 5.26 Å². The van der Waals surface area contributed by atoms with Crippen LogP contribution >= 0.6 is 24.0 Å². The number of nitriles is 1. The number of hydrogen-bond donors (Lipinski definition) is 0. The third-order valence-corrected chi connectivity index (χ3v) is 8.96. The normalized spacial score (nSPS) is 16.7. The van der Waals surface area contributed by atoms with Crippen molar-refractivity contribution in [2.75, 3.05) is 24.5 Å². The van der Waals surface area contributed by atoms with E-state index in [0.29, 0.717) is 27.9 Å². The number of carbonyl (C=O) groups excluding carboxylic acids is 1. The van der Waals surface area contributed by atoms with Gasteiger partial charge >= 0.3 is 0 Å². The Morgan fingerprint density at radius 1 is 0.921 bits per heavy atom. The fourth-order valence-corrected chi connectivity index (χ4v) is 6.72. The molecule has 3 rings (SSSR count). The zero-order valence-corrected chi connectivity index (χ0v) is 25.2. The van der Waals surface area contributed by atoms with Crippen LogP contribution in [-0.2, 0) is 11.3 Å². The Kier molecular flexibility index (Phi) is 12.4. The van der Waals surface area contributed by atoms with Crippen molar-refractivity contribution >= 4 is 46.1 Å². The number of amides is 1. The number of aromatic nitrogens is 1. The number of hydrogen-bond acceptors (Lipinski definition) is 6. The van der Waals surface area contributed by atoms with Crippen LogP contribution in [0.3, 0.4) is 0 Å². The van der Waals surface area contributed by atoms with Crippen LogP contribution in [0.1, 0.15) is 114 Å². The summed E-state index contributed by atoms with van der Waals surface area (Å²) in [6.45, 7) is 9.04. The Labute approximate surface area is 238 Å². The minimum Gasteiger partial charge on any atom is -0.357 e. The molecule has 0 bridgehead atoms. The highest BCUT2D eigenvalue weighted by atomic mass is 32.2. The van der Waals surface area contributed by atoms with Gasteiger partial charge in [0.15, 0.2) is 0 Å². The first kappa shape index (κ1) is 30.4. The zero-order valence-electron chi connectivity index (χ0n) is 23.5. The lowest BCUT2D eigenvalue weighted by molar-refractivity contribution is -0.122. The summed E-state index contributed by atoms with van der Waals surface area (Å²) < 4.78 is 2.34. The number of rotatable bonds is 15. The average molecular weight is 557 g/mol. The molecule has 208 valence electrons. The van der Waals surface area contributed by atoms with E-state index in [-0.39, 0.29) is 17.0 Å². The van der Waals surface area contributed by atoms with Gasteiger partial charge in [0.05, 0.1) is 4.91 Å². The molecule has 1 amide bonds. The summed E-state index contributed by atoms with van der Waals surface area (Å²) >= 11 is 6.93. The zero-order chi connectivity index (χ0) is 27.5. The molecule has 8 heteroatoms. The molecule has 0 unspecified atom stereocenters. The molecule has 6 nitrogen and oxygen atoms in total. The van der Waals surface area contributed by atoms with Gasteiger partial charge in [-0.1, -0.05) is 95.6 Å². The maximum absolute atomic E-state index is 13.4. The number of anilines is 1. The van der Waals surface area contributed by atoms with E-state index in [1.165, 1.54) is 63.1 Å². The molecule has 0 radical (unpaired) electrons. The van der Waals surface area contributed by atoms with Crippen LogP contribution in [0.5, 0.6) is 0 Å². The lowest BCUT2D eigenvalue weighted by atomic mass is 10.0. The maximum Gasteiger partial charge on any atom is 0.270 e. The van der Waals surface area contributed by atoms with E-state index in [1.54, 1.807) is 9.47 Å². The van der Waals surface area contributed by atoms with Crippen molar-refractivity contribution in [3.63, 3.8) is 0 Å². The molecule has 38 heavy (non-hydrogen) atoms. The second-order valence-electron chi connectivity index (χ2n) is 10.5. The number of thioether (sulfide) groups is 1. The fourth-order valence-electron chi connectivity index (χ4n) is 5.43. The van der Waals surface area contributed by atoms with Crippen LogP contribution in [0.2, 0.25) is 0 Å². The molecular formula is C30H44N4O2S2. The first-order valence-corrected chi connectivity index (χ1v) is 15.8. The summed E-state index contributed by atoms with van der Waals surface area (Å²) in [5, 5.41) is 9.79. The van der Waals surface area contributed by atoms with Crippen LogP contribution in [-0.4, -0.2) is 39.3 Å². The molecule has 2 aliphatic heterocycles. The molecule has 1 aromatic rings. The molecule has 0 saturated carbocycles. The Bertz CT molecular complexity index is 1110. The Morgan fingerprint density at radius 2 is 1.53 bits per heavy atom. The number of carbonyl (C=O) groups is 1. The van der Waals surface area contributed by atoms with Crippen LogP contribution in [0.15, 0.2) is 9.70 Å². The highest BCUT2D eigenvalue weighted by Gasteiger charge is 2.33. The number of thiocarbonyl (C=S) groups is 1. The van der Waals surface area contributed by atoms with Gasteiger partial charge in [0.2, 0.25) is 0 Å². The van der Waals surface area contributed by atoms with E-state index < -0.39 is 0 Å². The van der Waals surface area contributed by atoms with Crippen molar-refractivity contribution in [2.24, 2.45) is 0 Å². The van der Waals surface area contributed by atoms with Crippen molar-refractivity contribution in [1.82, 2.24) is 9.47 Å². The lowest BCUT2D eigenvalue weighted by Crippen LogP contribution is -2.33. The Hall–Kier alpha value is -2.11. The van der Waals surface area contributed by atoms with Gasteiger partial charge < -0.3 is 4.90 Å². The van der Waals surface area contributed by atoms with Crippen LogP contribution in [0.25, 0.3) is 6.08 Å². The van der Waals surface area contributed by atoms with Gasteiger partial charge in [-0.05, 0) is 44.2 Å². The maximum atomic E-state index is 13.4. The number of unbranched alkanes of at least 4 members (excludes halogenated alkanes) is 9. The third-order valence-electron chi connectivity index (χ3n) is 7.58. The van der Waals surface area contributed by atoms with Gasteiger partial charge in [-0.2, -0.15) is 5.26 Å². The van der Waals surface area contributed by atoms with E-state index >= 15 is 0 Å². The topological polar surface area (TPSA) is 69.3 Å². The predicted molar refractivity (Wildman–Crippen MR) is 164 cm³/mol. The fraction of sp³-hybridized carbons (Fsp3) is 0.667. The second-order valence-corrected chi connectivity index (χ2v) is 12.2. The summed E-state index contributed by atoms with van der Waals surface area (Å²) in [5.74, 6) is 0.778. The van der Waals surface area contributed by atoms with Crippen molar-refractivity contribution in [3.8, 4) is 6.07 Å². The quantitative estimate of drug-likeness (QED) is 0.130. The smallest absolute Gasteiger partial charge is 0.270 e. The number of pyridine rings is 1. The van der Waals surface area contributed by atoms with Crippen molar-refractivity contribution < 1.29 is 4.79 Å². The largest absolute Gasteiger partial charge is 0.357 e. The summed E-state index contributed by atoms with van der Waals surface area (Å²) in [5.41, 5.74) is 1.37.